The molecule has 2 amide bonds. The van der Waals surface area contributed by atoms with Gasteiger partial charge in [-0.2, -0.15) is 0 Å². The topological polar surface area (TPSA) is 122 Å². The molecule has 0 fully saturated rings. The average molecular weight is 381 g/mol. The van der Waals surface area contributed by atoms with Gasteiger partial charge in [-0.3, -0.25) is 14.9 Å². The molecule has 1 rings (SSSR count). The monoisotopic (exact) mass is 381 g/mol. The second-order valence-corrected chi connectivity index (χ2v) is 7.09. The van der Waals surface area contributed by atoms with Gasteiger partial charge in [-0.25, -0.2) is 4.79 Å². The molecule has 27 heavy (non-hydrogen) atoms. The van der Waals surface area contributed by atoms with Crippen molar-refractivity contribution in [2.75, 3.05) is 19.7 Å². The van der Waals surface area contributed by atoms with Crippen molar-refractivity contribution in [1.29, 1.82) is 0 Å². The van der Waals surface area contributed by atoms with Crippen molar-refractivity contribution in [3.05, 3.63) is 39.9 Å². The summed E-state index contributed by atoms with van der Waals surface area (Å²) in [5.41, 5.74) is 0.148. The van der Waals surface area contributed by atoms with E-state index in [9.17, 15) is 24.8 Å². The molecule has 150 valence electrons. The summed E-state index contributed by atoms with van der Waals surface area (Å²) in [6.07, 6.45) is -0.231. The Kier molecular flexibility index (Phi) is 8.17. The number of nitrogens with zero attached hydrogens (tertiary/aromatic N) is 2. The lowest BCUT2D eigenvalue weighted by molar-refractivity contribution is -0.384. The number of benzene rings is 1. The molecule has 0 spiro atoms. The summed E-state index contributed by atoms with van der Waals surface area (Å²) < 4.78 is 5.13. The molecule has 0 radical (unpaired) electrons. The van der Waals surface area contributed by atoms with E-state index in [1.165, 1.54) is 17.0 Å². The molecule has 0 aromatic heterocycles. The maximum atomic E-state index is 12.6. The van der Waals surface area contributed by atoms with Crippen LogP contribution in [0.3, 0.4) is 0 Å². The minimum Gasteiger partial charge on any atom is -0.444 e. The number of amides is 2. The van der Waals surface area contributed by atoms with Crippen molar-refractivity contribution in [2.45, 2.75) is 45.8 Å². The third kappa shape index (κ3) is 8.04. The van der Waals surface area contributed by atoms with Crippen LogP contribution in [0.1, 0.15) is 33.3 Å². The number of ether oxygens (including phenoxy) is 1. The first-order chi connectivity index (χ1) is 12.5. The predicted octanol–water partition coefficient (Wildman–Crippen LogP) is 1.87. The lowest BCUT2D eigenvalue weighted by atomic mass is 10.1. The highest BCUT2D eigenvalue weighted by atomic mass is 16.6. The Balaban J connectivity index is 2.66. The van der Waals surface area contributed by atoms with Gasteiger partial charge < -0.3 is 20.1 Å². The Morgan fingerprint density at radius 1 is 1.26 bits per heavy atom. The number of carbonyl (C=O) groups is 2. The van der Waals surface area contributed by atoms with Crippen LogP contribution in [-0.2, 0) is 16.0 Å². The van der Waals surface area contributed by atoms with Crippen LogP contribution in [0.4, 0.5) is 10.5 Å². The van der Waals surface area contributed by atoms with Gasteiger partial charge in [-0.15, -0.1) is 0 Å². The van der Waals surface area contributed by atoms with Crippen LogP contribution < -0.4 is 5.32 Å². The number of nitrogens with one attached hydrogen (secondary N) is 1. The van der Waals surface area contributed by atoms with E-state index >= 15 is 0 Å². The largest absolute Gasteiger partial charge is 0.444 e. The van der Waals surface area contributed by atoms with Crippen molar-refractivity contribution in [3.8, 4) is 0 Å². The summed E-state index contributed by atoms with van der Waals surface area (Å²) in [5.74, 6) is -0.350. The molecule has 0 bridgehead atoms. The Hall–Kier alpha value is -2.68. The molecule has 0 heterocycles. The van der Waals surface area contributed by atoms with Gasteiger partial charge in [-0.05, 0) is 39.7 Å². The number of aliphatic hydroxyl groups is 1. The van der Waals surface area contributed by atoms with E-state index in [-0.39, 0.29) is 24.7 Å². The molecule has 1 aromatic rings. The predicted molar refractivity (Wildman–Crippen MR) is 99.3 cm³/mol. The van der Waals surface area contributed by atoms with Crippen LogP contribution in [0.2, 0.25) is 0 Å². The van der Waals surface area contributed by atoms with Gasteiger partial charge in [0.1, 0.15) is 11.6 Å². The van der Waals surface area contributed by atoms with E-state index in [4.69, 9.17) is 4.74 Å². The average Bonchev–Trinajstić information content (AvgIpc) is 2.56. The highest BCUT2D eigenvalue weighted by Gasteiger charge is 2.24. The zero-order valence-corrected chi connectivity index (χ0v) is 16.1. The van der Waals surface area contributed by atoms with Crippen molar-refractivity contribution in [1.82, 2.24) is 10.2 Å². The summed E-state index contributed by atoms with van der Waals surface area (Å²) in [6.45, 7) is 6.92. The fourth-order valence-corrected chi connectivity index (χ4v) is 2.32. The van der Waals surface area contributed by atoms with Gasteiger partial charge in [0.05, 0.1) is 11.5 Å². The summed E-state index contributed by atoms with van der Waals surface area (Å²) in [5, 5.41) is 22.4. The van der Waals surface area contributed by atoms with Crippen molar-refractivity contribution < 1.29 is 24.4 Å². The maximum absolute atomic E-state index is 12.6. The summed E-state index contributed by atoms with van der Waals surface area (Å²) in [6, 6.07) is 5.24. The van der Waals surface area contributed by atoms with Gasteiger partial charge in [0.25, 0.3) is 5.69 Å². The standard InChI is InChI=1S/C18H27N3O6/c1-13(19-17(24)27-18(2,3)4)16(23)20(11-12-22)10-9-14-5-7-15(8-6-14)21(25)26/h5-8,13,22H,9-12H2,1-4H3,(H,19,24)/t13-/m0/s1. The zero-order chi connectivity index (χ0) is 20.6. The third-order valence-corrected chi connectivity index (χ3v) is 3.60. The molecule has 9 nitrogen and oxygen atoms in total. The Bertz CT molecular complexity index is 654. The first-order valence-corrected chi connectivity index (χ1v) is 8.66. The normalized spacial score (nSPS) is 12.2. The van der Waals surface area contributed by atoms with Crippen LogP contribution in [0.5, 0.6) is 0 Å². The van der Waals surface area contributed by atoms with E-state index in [2.05, 4.69) is 5.32 Å². The molecule has 0 aliphatic heterocycles. The molecule has 0 unspecified atom stereocenters. The lowest BCUT2D eigenvalue weighted by Gasteiger charge is -2.27. The SMILES string of the molecule is C[C@H](NC(=O)OC(C)(C)C)C(=O)N(CCO)CCc1ccc([N+](=O)[O-])cc1. The molecule has 2 N–H and O–H groups in total. The minimum absolute atomic E-state index is 0.00257. The number of rotatable bonds is 8. The van der Waals surface area contributed by atoms with Crippen molar-refractivity contribution in [3.63, 3.8) is 0 Å². The van der Waals surface area contributed by atoms with Crippen molar-refractivity contribution in [2.24, 2.45) is 0 Å². The van der Waals surface area contributed by atoms with E-state index in [0.717, 1.165) is 5.56 Å². The lowest BCUT2D eigenvalue weighted by Crippen LogP contribution is -2.49. The van der Waals surface area contributed by atoms with E-state index in [0.29, 0.717) is 13.0 Å². The summed E-state index contributed by atoms with van der Waals surface area (Å²) >= 11 is 0. The van der Waals surface area contributed by atoms with Gasteiger partial charge in [-0.1, -0.05) is 12.1 Å². The second-order valence-electron chi connectivity index (χ2n) is 7.09. The molecule has 1 atom stereocenters. The molecule has 1 aromatic carbocycles. The molecular weight excluding hydrogens is 354 g/mol. The van der Waals surface area contributed by atoms with Crippen LogP contribution in [0.15, 0.2) is 24.3 Å². The number of hydrogen-bond acceptors (Lipinski definition) is 6. The molecule has 0 aliphatic carbocycles. The van der Waals surface area contributed by atoms with E-state index in [1.807, 2.05) is 0 Å². The number of nitro benzene ring substituents is 1. The third-order valence-electron chi connectivity index (χ3n) is 3.60. The Morgan fingerprint density at radius 3 is 2.33 bits per heavy atom. The van der Waals surface area contributed by atoms with Crippen LogP contribution in [-0.4, -0.2) is 58.3 Å². The van der Waals surface area contributed by atoms with Crippen molar-refractivity contribution >= 4 is 17.7 Å². The highest BCUT2D eigenvalue weighted by Crippen LogP contribution is 2.13. The van der Waals surface area contributed by atoms with E-state index < -0.39 is 22.7 Å². The molecular formula is C18H27N3O6. The smallest absolute Gasteiger partial charge is 0.408 e. The highest BCUT2D eigenvalue weighted by molar-refractivity contribution is 5.85. The maximum Gasteiger partial charge on any atom is 0.408 e. The molecule has 0 saturated carbocycles. The quantitative estimate of drug-likeness (QED) is 0.524. The van der Waals surface area contributed by atoms with Crippen LogP contribution >= 0.6 is 0 Å². The van der Waals surface area contributed by atoms with E-state index in [1.54, 1.807) is 39.8 Å². The first-order valence-electron chi connectivity index (χ1n) is 8.66. The number of non-ortho nitro benzene ring substituents is 1. The fourth-order valence-electron chi connectivity index (χ4n) is 2.32. The Labute approximate surface area is 158 Å². The second kappa shape index (κ2) is 9.86. The van der Waals surface area contributed by atoms with Gasteiger partial charge in [0.15, 0.2) is 0 Å². The first kappa shape index (κ1) is 22.4. The fraction of sp³-hybridized carbons (Fsp3) is 0.556. The number of alkyl carbamates (subject to hydrolysis) is 1. The number of aliphatic hydroxyl groups excluding tert-OH is 1. The summed E-state index contributed by atoms with van der Waals surface area (Å²) in [4.78, 5) is 36.0. The zero-order valence-electron chi connectivity index (χ0n) is 16.1. The van der Waals surface area contributed by atoms with Crippen LogP contribution in [0, 0.1) is 10.1 Å². The molecule has 0 saturated heterocycles. The minimum atomic E-state index is -0.816. The number of hydrogen-bond donors (Lipinski definition) is 2. The molecule has 0 aliphatic rings. The van der Waals surface area contributed by atoms with Crippen LogP contribution in [0.25, 0.3) is 0 Å². The van der Waals surface area contributed by atoms with Gasteiger partial charge in [0.2, 0.25) is 5.91 Å². The Morgan fingerprint density at radius 2 is 1.85 bits per heavy atom. The summed E-state index contributed by atoms with van der Waals surface area (Å²) in [7, 11) is 0. The molecule has 9 heteroatoms. The number of carbonyl (C=O) groups excluding carboxylic acids is 2. The number of nitro groups is 1. The van der Waals surface area contributed by atoms with Gasteiger partial charge >= 0.3 is 6.09 Å². The van der Waals surface area contributed by atoms with Gasteiger partial charge in [0, 0.05) is 25.2 Å².